The average Bonchev–Trinajstić information content (AvgIpc) is 3.40. The van der Waals surface area contributed by atoms with Crippen LogP contribution in [-0.4, -0.2) is 48.2 Å². The highest BCUT2D eigenvalue weighted by atomic mass is 16.4. The van der Waals surface area contributed by atoms with Gasteiger partial charge in [0.15, 0.2) is 0 Å². The van der Waals surface area contributed by atoms with Gasteiger partial charge >= 0.3 is 5.97 Å². The Balaban J connectivity index is 0.000000152. The second-order valence-corrected chi connectivity index (χ2v) is 14.2. The molecule has 0 radical (unpaired) electrons. The lowest BCUT2D eigenvalue weighted by Crippen LogP contribution is -2.56. The maximum absolute atomic E-state index is 10.5. The molecule has 9 rings (SSSR count). The van der Waals surface area contributed by atoms with Crippen molar-refractivity contribution in [1.29, 1.82) is 0 Å². The van der Waals surface area contributed by atoms with Crippen LogP contribution in [0.4, 0.5) is 11.4 Å². The first kappa shape index (κ1) is 32.6. The Labute approximate surface area is 287 Å². The Morgan fingerprint density at radius 1 is 0.646 bits per heavy atom. The van der Waals surface area contributed by atoms with Crippen LogP contribution in [0.15, 0.2) is 97.1 Å². The molecule has 4 heterocycles. The zero-order valence-corrected chi connectivity index (χ0v) is 28.3. The highest BCUT2D eigenvalue weighted by Gasteiger charge is 2.39. The summed E-state index contributed by atoms with van der Waals surface area (Å²) in [6, 6.07) is 36.6. The summed E-state index contributed by atoms with van der Waals surface area (Å²) < 4.78 is 0. The number of aryl methyl sites for hydroxylation is 4. The molecule has 4 aromatic carbocycles. The van der Waals surface area contributed by atoms with Crippen LogP contribution in [-0.2, 0) is 30.5 Å². The number of nitrogens with one attached hydrogen (secondary N) is 1. The predicted molar refractivity (Wildman–Crippen MR) is 196 cm³/mol. The summed E-state index contributed by atoms with van der Waals surface area (Å²) in [5.74, 6) is 0.156. The molecule has 0 saturated carbocycles. The zero-order valence-electron chi connectivity index (χ0n) is 28.3. The Kier molecular flexibility index (Phi) is 10.5. The van der Waals surface area contributed by atoms with Gasteiger partial charge in [-0.05, 0) is 122 Å². The number of piperidine rings is 3. The van der Waals surface area contributed by atoms with Gasteiger partial charge in [0.2, 0.25) is 0 Å². The van der Waals surface area contributed by atoms with Crippen molar-refractivity contribution >= 4 is 17.3 Å². The van der Waals surface area contributed by atoms with Gasteiger partial charge in [-0.25, -0.2) is 0 Å². The number of unbranched alkanes of at least 4 members (excludes halogenated alkanes) is 3. The molecule has 2 N–H and O–H groups in total. The standard InChI is InChI=1S/C22H27NO2.C21H24N2/c24-21(25)13-3-1-2-8-16-23-22-19-11-6-4-9-17(19)14-15-18-10-5-7-12-20(18)22;1-3-7-19-16(5-1)9-10-17-6-2-4-8-20(17)23(19)21-15-22-13-11-18(21)12-14-22/h4-7,9-12,22-23H,1-3,8,13-16H2,(H,24,25);1-8,18,21H,9-15H2. The normalized spacial score (nSPS) is 21.0. The van der Waals surface area contributed by atoms with E-state index in [1.165, 1.54) is 77.2 Å². The highest BCUT2D eigenvalue weighted by Crippen LogP contribution is 2.42. The zero-order chi connectivity index (χ0) is 32.7. The highest BCUT2D eigenvalue weighted by molar-refractivity contribution is 5.72. The van der Waals surface area contributed by atoms with E-state index in [4.69, 9.17) is 5.11 Å². The van der Waals surface area contributed by atoms with Crippen LogP contribution in [0.5, 0.6) is 0 Å². The number of fused-ring (bicyclic) bond motifs is 7. The van der Waals surface area contributed by atoms with Crippen molar-refractivity contribution in [3.05, 3.63) is 130 Å². The quantitative estimate of drug-likeness (QED) is 0.180. The van der Waals surface area contributed by atoms with Crippen LogP contribution in [0.3, 0.4) is 0 Å². The van der Waals surface area contributed by atoms with E-state index >= 15 is 0 Å². The maximum atomic E-state index is 10.5. The molecule has 4 aliphatic heterocycles. The number of carbonyl (C=O) groups is 1. The molecule has 3 fully saturated rings. The van der Waals surface area contributed by atoms with E-state index in [0.717, 1.165) is 63.8 Å². The first-order valence-corrected chi connectivity index (χ1v) is 18.4. The Hall–Kier alpha value is -3.93. The van der Waals surface area contributed by atoms with Crippen molar-refractivity contribution in [3.8, 4) is 0 Å². The van der Waals surface area contributed by atoms with Gasteiger partial charge in [-0.3, -0.25) is 4.79 Å². The molecule has 3 saturated heterocycles. The number of anilines is 2. The number of hydrogen-bond acceptors (Lipinski definition) is 4. The lowest BCUT2D eigenvalue weighted by Gasteiger charge is -2.50. The van der Waals surface area contributed by atoms with Gasteiger partial charge in [-0.2, -0.15) is 0 Å². The van der Waals surface area contributed by atoms with Crippen molar-refractivity contribution < 1.29 is 9.90 Å². The van der Waals surface area contributed by atoms with Crippen LogP contribution in [0.2, 0.25) is 0 Å². The molecule has 5 nitrogen and oxygen atoms in total. The van der Waals surface area contributed by atoms with Crippen LogP contribution in [0, 0.1) is 5.92 Å². The van der Waals surface area contributed by atoms with Gasteiger partial charge in [0.25, 0.3) is 0 Å². The van der Waals surface area contributed by atoms with Crippen LogP contribution in [0.25, 0.3) is 0 Å². The summed E-state index contributed by atoms with van der Waals surface area (Å²) in [6.07, 6.45) is 11.5. The molecule has 1 unspecified atom stereocenters. The minimum absolute atomic E-state index is 0.258. The molecule has 1 atom stereocenters. The summed E-state index contributed by atoms with van der Waals surface area (Å²) in [5.41, 5.74) is 11.6. The first-order valence-electron chi connectivity index (χ1n) is 18.4. The number of aliphatic carboxylic acids is 1. The number of nitrogens with zero attached hydrogens (tertiary/aromatic N) is 2. The van der Waals surface area contributed by atoms with Gasteiger partial charge in [-0.1, -0.05) is 97.8 Å². The molecular weight excluding hydrogens is 590 g/mol. The minimum Gasteiger partial charge on any atom is -0.481 e. The summed E-state index contributed by atoms with van der Waals surface area (Å²) in [7, 11) is 0. The van der Waals surface area contributed by atoms with Gasteiger partial charge in [0.05, 0.1) is 6.04 Å². The number of carboxylic acids is 1. The minimum atomic E-state index is -0.690. The molecule has 250 valence electrons. The lowest BCUT2D eigenvalue weighted by molar-refractivity contribution is -0.137. The number of para-hydroxylation sites is 2. The second kappa shape index (κ2) is 15.5. The molecule has 5 aliphatic rings. The third-order valence-electron chi connectivity index (χ3n) is 11.2. The van der Waals surface area contributed by atoms with Gasteiger partial charge in [0.1, 0.15) is 0 Å². The SMILES string of the molecule is O=C(O)CCCCCCNC1c2ccccc2CCc2ccccc21.c1ccc2c(c1)CCc1ccccc1N2C1CN2CCC1CC2. The Morgan fingerprint density at radius 3 is 1.69 bits per heavy atom. The van der Waals surface area contributed by atoms with Crippen LogP contribution in [0.1, 0.15) is 84.4 Å². The van der Waals surface area contributed by atoms with Crippen molar-refractivity contribution in [3.63, 3.8) is 0 Å². The monoisotopic (exact) mass is 641 g/mol. The van der Waals surface area contributed by atoms with Crippen molar-refractivity contribution in [2.24, 2.45) is 5.92 Å². The second-order valence-electron chi connectivity index (χ2n) is 14.2. The summed E-state index contributed by atoms with van der Waals surface area (Å²) in [5, 5.41) is 12.4. The summed E-state index contributed by atoms with van der Waals surface area (Å²) in [4.78, 5) is 15.9. The third-order valence-corrected chi connectivity index (χ3v) is 11.2. The Bertz CT molecular complexity index is 1580. The number of hydrogen-bond donors (Lipinski definition) is 2. The Morgan fingerprint density at radius 2 is 1.15 bits per heavy atom. The van der Waals surface area contributed by atoms with Gasteiger partial charge < -0.3 is 20.2 Å². The van der Waals surface area contributed by atoms with E-state index in [0.29, 0.717) is 6.04 Å². The van der Waals surface area contributed by atoms with E-state index in [9.17, 15) is 4.79 Å². The summed E-state index contributed by atoms with van der Waals surface area (Å²) in [6.45, 7) is 4.80. The number of benzene rings is 4. The third kappa shape index (κ3) is 7.38. The molecule has 2 bridgehead atoms. The largest absolute Gasteiger partial charge is 0.481 e. The molecular formula is C43H51N3O2. The van der Waals surface area contributed by atoms with Crippen LogP contribution < -0.4 is 10.2 Å². The molecule has 48 heavy (non-hydrogen) atoms. The molecule has 5 heteroatoms. The van der Waals surface area contributed by atoms with Crippen molar-refractivity contribution in [1.82, 2.24) is 10.2 Å². The van der Waals surface area contributed by atoms with Crippen molar-refractivity contribution in [2.45, 2.75) is 82.7 Å². The summed E-state index contributed by atoms with van der Waals surface area (Å²) >= 11 is 0. The molecule has 0 aromatic heterocycles. The first-order chi connectivity index (χ1) is 23.7. The molecule has 1 aliphatic carbocycles. The predicted octanol–water partition coefficient (Wildman–Crippen LogP) is 8.52. The molecule has 0 amide bonds. The van der Waals surface area contributed by atoms with E-state index in [1.54, 1.807) is 0 Å². The van der Waals surface area contributed by atoms with Gasteiger partial charge in [0, 0.05) is 30.4 Å². The fraction of sp³-hybridized carbons (Fsp3) is 0.419. The van der Waals surface area contributed by atoms with E-state index in [1.807, 2.05) is 0 Å². The maximum Gasteiger partial charge on any atom is 0.303 e. The van der Waals surface area contributed by atoms with Crippen LogP contribution >= 0.6 is 0 Å². The van der Waals surface area contributed by atoms with Crippen molar-refractivity contribution in [2.75, 3.05) is 31.1 Å². The fourth-order valence-corrected chi connectivity index (χ4v) is 8.64. The number of rotatable bonds is 9. The van der Waals surface area contributed by atoms with E-state index in [2.05, 4.69) is 112 Å². The smallest absolute Gasteiger partial charge is 0.303 e. The lowest BCUT2D eigenvalue weighted by atomic mass is 9.82. The fourth-order valence-electron chi connectivity index (χ4n) is 8.64. The number of carboxylic acid groups (broad SMARTS) is 1. The molecule has 0 spiro atoms. The van der Waals surface area contributed by atoms with Gasteiger partial charge in [-0.15, -0.1) is 0 Å². The topological polar surface area (TPSA) is 55.8 Å². The molecule has 4 aromatic rings. The van der Waals surface area contributed by atoms with E-state index < -0.39 is 5.97 Å². The average molecular weight is 642 g/mol. The van der Waals surface area contributed by atoms with E-state index in [-0.39, 0.29) is 12.5 Å².